The SMILES string of the molecule is O=C(CCCc1nc2ccccc2s1)NCCCO. The van der Waals surface area contributed by atoms with Gasteiger partial charge in [0.25, 0.3) is 0 Å². The van der Waals surface area contributed by atoms with E-state index in [1.807, 2.05) is 18.2 Å². The second-order valence-electron chi connectivity index (χ2n) is 4.36. The van der Waals surface area contributed by atoms with Crippen LogP contribution in [0.4, 0.5) is 0 Å². The summed E-state index contributed by atoms with van der Waals surface area (Å²) in [6.45, 7) is 0.669. The van der Waals surface area contributed by atoms with Gasteiger partial charge in [0.1, 0.15) is 0 Å². The molecule has 2 rings (SSSR count). The molecule has 0 aliphatic carbocycles. The molecular weight excluding hydrogens is 260 g/mol. The Morgan fingerprint density at radius 2 is 2.16 bits per heavy atom. The third kappa shape index (κ3) is 4.29. The fraction of sp³-hybridized carbons (Fsp3) is 0.429. The monoisotopic (exact) mass is 278 g/mol. The molecule has 0 aliphatic heterocycles. The quantitative estimate of drug-likeness (QED) is 0.763. The summed E-state index contributed by atoms with van der Waals surface area (Å²) in [5.74, 6) is 0.0505. The first-order valence-corrected chi connectivity index (χ1v) is 7.33. The number of para-hydroxylation sites is 1. The first-order chi connectivity index (χ1) is 9.29. The van der Waals surface area contributed by atoms with Crippen LogP contribution in [0.3, 0.4) is 0 Å². The molecule has 0 spiro atoms. The van der Waals surface area contributed by atoms with Crippen LogP contribution < -0.4 is 5.32 Å². The number of benzene rings is 1. The van der Waals surface area contributed by atoms with Crippen LogP contribution in [-0.2, 0) is 11.2 Å². The Kier molecular flexibility index (Phi) is 5.30. The lowest BCUT2D eigenvalue weighted by molar-refractivity contribution is -0.121. The van der Waals surface area contributed by atoms with Gasteiger partial charge in [0.15, 0.2) is 0 Å². The van der Waals surface area contributed by atoms with Crippen molar-refractivity contribution in [3.63, 3.8) is 0 Å². The molecule has 0 atom stereocenters. The van der Waals surface area contributed by atoms with E-state index in [0.29, 0.717) is 19.4 Å². The molecule has 19 heavy (non-hydrogen) atoms. The molecular formula is C14H18N2O2S. The van der Waals surface area contributed by atoms with Crippen LogP contribution in [0.2, 0.25) is 0 Å². The zero-order valence-electron chi connectivity index (χ0n) is 10.8. The van der Waals surface area contributed by atoms with Crippen molar-refractivity contribution < 1.29 is 9.90 Å². The largest absolute Gasteiger partial charge is 0.396 e. The molecule has 0 fully saturated rings. The molecule has 4 nitrogen and oxygen atoms in total. The predicted molar refractivity (Wildman–Crippen MR) is 77.3 cm³/mol. The molecule has 5 heteroatoms. The van der Waals surface area contributed by atoms with E-state index in [1.54, 1.807) is 11.3 Å². The highest BCUT2D eigenvalue weighted by molar-refractivity contribution is 7.18. The summed E-state index contributed by atoms with van der Waals surface area (Å²) in [6.07, 6.45) is 2.78. The van der Waals surface area contributed by atoms with Crippen molar-refractivity contribution in [2.45, 2.75) is 25.7 Å². The maximum atomic E-state index is 11.5. The molecule has 1 aromatic carbocycles. The van der Waals surface area contributed by atoms with Gasteiger partial charge in [-0.25, -0.2) is 4.98 Å². The summed E-state index contributed by atoms with van der Waals surface area (Å²) in [4.78, 5) is 16.0. The number of hydrogen-bond acceptors (Lipinski definition) is 4. The van der Waals surface area contributed by atoms with E-state index in [0.717, 1.165) is 23.4 Å². The third-order valence-corrected chi connectivity index (χ3v) is 3.89. The van der Waals surface area contributed by atoms with Crippen molar-refractivity contribution in [2.24, 2.45) is 0 Å². The van der Waals surface area contributed by atoms with Crippen LogP contribution in [0.25, 0.3) is 10.2 Å². The van der Waals surface area contributed by atoms with Crippen LogP contribution in [0.5, 0.6) is 0 Å². The summed E-state index contributed by atoms with van der Waals surface area (Å²) < 4.78 is 1.20. The minimum atomic E-state index is 0.0505. The standard InChI is InChI=1S/C14H18N2O2S/c17-10-4-9-15-13(18)7-3-8-14-16-11-5-1-2-6-12(11)19-14/h1-2,5-6,17H,3-4,7-10H2,(H,15,18). The maximum absolute atomic E-state index is 11.5. The second kappa shape index (κ2) is 7.21. The number of aliphatic hydroxyl groups is 1. The molecule has 0 aliphatic rings. The van der Waals surface area contributed by atoms with Gasteiger partial charge in [-0.2, -0.15) is 0 Å². The zero-order chi connectivity index (χ0) is 13.5. The minimum Gasteiger partial charge on any atom is -0.396 e. The molecule has 2 N–H and O–H groups in total. The molecule has 2 aromatic rings. The summed E-state index contributed by atoms with van der Waals surface area (Å²) in [7, 11) is 0. The zero-order valence-corrected chi connectivity index (χ0v) is 11.6. The molecule has 0 bridgehead atoms. The van der Waals surface area contributed by atoms with E-state index in [4.69, 9.17) is 5.11 Å². The maximum Gasteiger partial charge on any atom is 0.220 e. The number of aryl methyl sites for hydroxylation is 1. The lowest BCUT2D eigenvalue weighted by atomic mass is 10.2. The van der Waals surface area contributed by atoms with Crippen molar-refractivity contribution in [1.82, 2.24) is 10.3 Å². The fourth-order valence-corrected chi connectivity index (χ4v) is 2.83. The number of amides is 1. The first-order valence-electron chi connectivity index (χ1n) is 6.51. The number of nitrogens with zero attached hydrogens (tertiary/aromatic N) is 1. The average Bonchev–Trinajstić information content (AvgIpc) is 2.81. The highest BCUT2D eigenvalue weighted by Crippen LogP contribution is 2.22. The minimum absolute atomic E-state index is 0.0505. The second-order valence-corrected chi connectivity index (χ2v) is 5.47. The number of rotatable bonds is 7. The van der Waals surface area contributed by atoms with E-state index >= 15 is 0 Å². The summed E-state index contributed by atoms with van der Waals surface area (Å²) in [6, 6.07) is 8.08. The molecule has 0 saturated heterocycles. The Bertz CT molecular complexity index is 506. The van der Waals surface area contributed by atoms with E-state index in [1.165, 1.54) is 4.70 Å². The van der Waals surface area contributed by atoms with E-state index in [9.17, 15) is 4.79 Å². The Morgan fingerprint density at radius 1 is 1.32 bits per heavy atom. The number of aliphatic hydroxyl groups excluding tert-OH is 1. The first kappa shape index (κ1) is 14.0. The van der Waals surface area contributed by atoms with Crippen molar-refractivity contribution in [3.05, 3.63) is 29.3 Å². The molecule has 1 heterocycles. The van der Waals surface area contributed by atoms with Crippen molar-refractivity contribution in [3.8, 4) is 0 Å². The van der Waals surface area contributed by atoms with Crippen molar-refractivity contribution in [1.29, 1.82) is 0 Å². The van der Waals surface area contributed by atoms with Gasteiger partial charge >= 0.3 is 0 Å². The van der Waals surface area contributed by atoms with Crippen molar-refractivity contribution >= 4 is 27.5 Å². The smallest absolute Gasteiger partial charge is 0.220 e. The Hall–Kier alpha value is -1.46. The fourth-order valence-electron chi connectivity index (χ4n) is 1.82. The summed E-state index contributed by atoms with van der Waals surface area (Å²) in [5.41, 5.74) is 1.04. The number of thiazole rings is 1. The lowest BCUT2D eigenvalue weighted by Crippen LogP contribution is -2.24. The van der Waals surface area contributed by atoms with E-state index < -0.39 is 0 Å². The highest BCUT2D eigenvalue weighted by atomic mass is 32.1. The number of carbonyl (C=O) groups excluding carboxylic acids is 1. The van der Waals surface area contributed by atoms with Gasteiger partial charge < -0.3 is 10.4 Å². The number of carbonyl (C=O) groups is 1. The Labute approximate surface area is 116 Å². The van der Waals surface area contributed by atoms with Crippen LogP contribution in [-0.4, -0.2) is 29.1 Å². The topological polar surface area (TPSA) is 62.2 Å². The third-order valence-electron chi connectivity index (χ3n) is 2.79. The van der Waals surface area contributed by atoms with Crippen LogP contribution in [0.15, 0.2) is 24.3 Å². The van der Waals surface area contributed by atoms with Gasteiger partial charge in [-0.3, -0.25) is 4.79 Å². The molecule has 0 unspecified atom stereocenters. The Balaban J connectivity index is 1.74. The van der Waals surface area contributed by atoms with Gasteiger partial charge in [0.2, 0.25) is 5.91 Å². The number of nitrogens with one attached hydrogen (secondary N) is 1. The lowest BCUT2D eigenvalue weighted by Gasteiger charge is -2.02. The average molecular weight is 278 g/mol. The van der Waals surface area contributed by atoms with Gasteiger partial charge in [0.05, 0.1) is 15.2 Å². The van der Waals surface area contributed by atoms with Gasteiger partial charge in [0, 0.05) is 19.6 Å². The van der Waals surface area contributed by atoms with E-state index in [-0.39, 0.29) is 12.5 Å². The van der Waals surface area contributed by atoms with Crippen LogP contribution >= 0.6 is 11.3 Å². The number of hydrogen-bond donors (Lipinski definition) is 2. The van der Waals surface area contributed by atoms with Gasteiger partial charge in [-0.1, -0.05) is 12.1 Å². The summed E-state index contributed by atoms with van der Waals surface area (Å²) >= 11 is 1.69. The normalized spacial score (nSPS) is 10.8. The molecule has 1 amide bonds. The van der Waals surface area contributed by atoms with Crippen molar-refractivity contribution in [2.75, 3.05) is 13.2 Å². The van der Waals surface area contributed by atoms with Crippen LogP contribution in [0.1, 0.15) is 24.3 Å². The summed E-state index contributed by atoms with van der Waals surface area (Å²) in [5, 5.41) is 12.5. The van der Waals surface area contributed by atoms with Gasteiger partial charge in [-0.05, 0) is 31.4 Å². The van der Waals surface area contributed by atoms with E-state index in [2.05, 4.69) is 16.4 Å². The molecule has 0 saturated carbocycles. The Morgan fingerprint density at radius 3 is 2.95 bits per heavy atom. The number of aromatic nitrogens is 1. The molecule has 0 radical (unpaired) electrons. The predicted octanol–water partition coefficient (Wildman–Crippen LogP) is 2.12. The van der Waals surface area contributed by atoms with Crippen LogP contribution in [0, 0.1) is 0 Å². The highest BCUT2D eigenvalue weighted by Gasteiger charge is 2.05. The number of fused-ring (bicyclic) bond motifs is 1. The van der Waals surface area contributed by atoms with Gasteiger partial charge in [-0.15, -0.1) is 11.3 Å². The molecule has 102 valence electrons. The molecule has 1 aromatic heterocycles.